The van der Waals surface area contributed by atoms with Gasteiger partial charge in [-0.25, -0.2) is 4.68 Å². The third kappa shape index (κ3) is 4.68. The molecule has 0 radical (unpaired) electrons. The van der Waals surface area contributed by atoms with E-state index in [0.29, 0.717) is 12.5 Å². The van der Waals surface area contributed by atoms with Gasteiger partial charge >= 0.3 is 0 Å². The Hall–Kier alpha value is -1.93. The molecule has 144 valence electrons. The number of halogens is 1. The zero-order chi connectivity index (χ0) is 18.6. The van der Waals surface area contributed by atoms with Gasteiger partial charge in [-0.15, -0.1) is 5.10 Å². The molecule has 0 saturated carbocycles. The van der Waals surface area contributed by atoms with Crippen LogP contribution in [0.5, 0.6) is 5.75 Å². The summed E-state index contributed by atoms with van der Waals surface area (Å²) in [6, 6.07) is 5.84. The van der Waals surface area contributed by atoms with Gasteiger partial charge in [-0.05, 0) is 56.5 Å². The number of benzene rings is 1. The van der Waals surface area contributed by atoms with E-state index in [1.165, 1.54) is 12.8 Å². The van der Waals surface area contributed by atoms with Gasteiger partial charge in [-0.3, -0.25) is 4.79 Å². The van der Waals surface area contributed by atoms with Crippen LogP contribution >= 0.6 is 15.9 Å². The van der Waals surface area contributed by atoms with Gasteiger partial charge < -0.3 is 15.4 Å². The van der Waals surface area contributed by atoms with Crippen LogP contribution < -0.4 is 15.4 Å². The molecule has 1 amide bonds. The Morgan fingerprint density at radius 1 is 1.33 bits per heavy atom. The van der Waals surface area contributed by atoms with Gasteiger partial charge in [0.25, 0.3) is 0 Å². The number of amides is 1. The van der Waals surface area contributed by atoms with E-state index in [1.54, 1.807) is 4.68 Å². The van der Waals surface area contributed by atoms with Crippen LogP contribution in [0.4, 0.5) is 0 Å². The van der Waals surface area contributed by atoms with Crippen LogP contribution in [0.3, 0.4) is 0 Å². The number of ether oxygens (including phenoxy) is 1. The summed E-state index contributed by atoms with van der Waals surface area (Å²) < 4.78 is 8.29. The molecule has 2 aliphatic rings. The molecule has 8 heteroatoms. The average molecular weight is 434 g/mol. The number of nitrogens with one attached hydrogen (secondary N) is 2. The lowest BCUT2D eigenvalue weighted by atomic mass is 9.93. The molecule has 1 saturated heterocycles. The molecule has 0 bridgehead atoms. The van der Waals surface area contributed by atoms with Crippen LogP contribution in [0.15, 0.2) is 28.9 Å². The number of aromatic nitrogens is 3. The monoisotopic (exact) mass is 433 g/mol. The first-order chi connectivity index (χ1) is 13.2. The first-order valence-electron chi connectivity index (χ1n) is 9.49. The van der Waals surface area contributed by atoms with Crippen molar-refractivity contribution in [2.24, 2.45) is 5.92 Å². The molecule has 2 aliphatic heterocycles. The number of carbonyl (C=O) groups is 1. The van der Waals surface area contributed by atoms with Crippen molar-refractivity contribution in [3.8, 4) is 5.75 Å². The maximum Gasteiger partial charge on any atom is 0.242 e. The van der Waals surface area contributed by atoms with Crippen molar-refractivity contribution in [3.05, 3.63) is 40.1 Å². The number of piperidine rings is 1. The molecule has 3 heterocycles. The maximum absolute atomic E-state index is 12.5. The predicted molar refractivity (Wildman–Crippen MR) is 104 cm³/mol. The van der Waals surface area contributed by atoms with Gasteiger partial charge in [0.1, 0.15) is 12.3 Å². The van der Waals surface area contributed by atoms with Crippen molar-refractivity contribution in [3.63, 3.8) is 0 Å². The zero-order valence-corrected chi connectivity index (χ0v) is 16.7. The molecule has 1 aromatic heterocycles. The number of hydrogen-bond acceptors (Lipinski definition) is 5. The summed E-state index contributed by atoms with van der Waals surface area (Å²) in [5.41, 5.74) is 1.98. The predicted octanol–water partition coefficient (Wildman–Crippen LogP) is 2.22. The molecule has 1 fully saturated rings. The zero-order valence-electron chi connectivity index (χ0n) is 15.2. The summed E-state index contributed by atoms with van der Waals surface area (Å²) in [5.74, 6) is 1.42. The molecule has 2 N–H and O–H groups in total. The molecule has 0 aliphatic carbocycles. The third-order valence-corrected chi connectivity index (χ3v) is 5.69. The molecule has 7 nitrogen and oxygen atoms in total. The lowest BCUT2D eigenvalue weighted by Gasteiger charge is -2.26. The fourth-order valence-electron chi connectivity index (χ4n) is 3.79. The molecule has 4 rings (SSSR count). The highest BCUT2D eigenvalue weighted by molar-refractivity contribution is 9.10. The number of carbonyl (C=O) groups excluding carboxylic acids is 1. The van der Waals surface area contributed by atoms with E-state index in [1.807, 2.05) is 24.4 Å². The Bertz CT molecular complexity index is 803. The van der Waals surface area contributed by atoms with Gasteiger partial charge in [0.05, 0.1) is 18.3 Å². The second-order valence-corrected chi connectivity index (χ2v) is 8.16. The Balaban J connectivity index is 1.34. The second kappa shape index (κ2) is 8.39. The largest absolute Gasteiger partial charge is 0.493 e. The highest BCUT2D eigenvalue weighted by Gasteiger charge is 2.23. The lowest BCUT2D eigenvalue weighted by Crippen LogP contribution is -2.34. The molecule has 0 spiro atoms. The van der Waals surface area contributed by atoms with Crippen molar-refractivity contribution < 1.29 is 9.53 Å². The van der Waals surface area contributed by atoms with Crippen molar-refractivity contribution in [1.82, 2.24) is 25.6 Å². The normalized spacial score (nSPS) is 20.0. The molecule has 1 aromatic carbocycles. The summed E-state index contributed by atoms with van der Waals surface area (Å²) in [6.45, 7) is 2.93. The second-order valence-electron chi connectivity index (χ2n) is 7.24. The van der Waals surface area contributed by atoms with Crippen LogP contribution in [0, 0.1) is 5.92 Å². The summed E-state index contributed by atoms with van der Waals surface area (Å²) in [4.78, 5) is 12.5. The topological polar surface area (TPSA) is 81.1 Å². The summed E-state index contributed by atoms with van der Waals surface area (Å²) in [7, 11) is 0. The van der Waals surface area contributed by atoms with Crippen molar-refractivity contribution in [1.29, 1.82) is 0 Å². The summed E-state index contributed by atoms with van der Waals surface area (Å²) in [5, 5.41) is 14.9. The van der Waals surface area contributed by atoms with E-state index in [4.69, 9.17) is 4.74 Å². The first-order valence-corrected chi connectivity index (χ1v) is 10.3. The molecule has 2 aromatic rings. The molecule has 1 unspecified atom stereocenters. The molecular weight excluding hydrogens is 410 g/mol. The first kappa shape index (κ1) is 18.4. The van der Waals surface area contributed by atoms with Crippen LogP contribution in [0.1, 0.15) is 36.6 Å². The molecule has 1 atom stereocenters. The van der Waals surface area contributed by atoms with Crippen molar-refractivity contribution >= 4 is 21.8 Å². The fraction of sp³-hybridized carbons (Fsp3) is 0.526. The standard InChI is InChI=1S/C19H24BrN5O2/c20-14-1-2-18-16(10-14)17(5-8-27-18)22-19(26)12-25-11-15(23-24-25)9-13-3-6-21-7-4-13/h1-2,10-11,13,17,21H,3-9,12H2,(H,22,26). The smallest absolute Gasteiger partial charge is 0.242 e. The van der Waals surface area contributed by atoms with Crippen molar-refractivity contribution in [2.45, 2.75) is 38.3 Å². The Kier molecular flexibility index (Phi) is 5.73. The van der Waals surface area contributed by atoms with E-state index in [9.17, 15) is 4.79 Å². The maximum atomic E-state index is 12.5. The van der Waals surface area contributed by atoms with E-state index in [-0.39, 0.29) is 18.5 Å². The quantitative estimate of drug-likeness (QED) is 0.755. The number of hydrogen-bond donors (Lipinski definition) is 2. The average Bonchev–Trinajstić information content (AvgIpc) is 3.09. The van der Waals surface area contributed by atoms with Crippen LogP contribution in [-0.4, -0.2) is 40.6 Å². The number of rotatable bonds is 5. The van der Waals surface area contributed by atoms with E-state index < -0.39 is 0 Å². The molecular formula is C19H24BrN5O2. The Morgan fingerprint density at radius 2 is 2.19 bits per heavy atom. The van der Waals surface area contributed by atoms with Gasteiger partial charge in [-0.2, -0.15) is 0 Å². The van der Waals surface area contributed by atoms with Gasteiger partial charge in [0.2, 0.25) is 5.91 Å². The Labute approximate surface area is 167 Å². The van der Waals surface area contributed by atoms with Crippen LogP contribution in [0.2, 0.25) is 0 Å². The van der Waals surface area contributed by atoms with Crippen LogP contribution in [-0.2, 0) is 17.8 Å². The van der Waals surface area contributed by atoms with Gasteiger partial charge in [0, 0.05) is 22.7 Å². The third-order valence-electron chi connectivity index (χ3n) is 5.19. The number of fused-ring (bicyclic) bond motifs is 1. The minimum absolute atomic E-state index is 0.0449. The SMILES string of the molecule is O=C(Cn1cc(CC2CCNCC2)nn1)NC1CCOc2ccc(Br)cc21. The number of nitrogens with zero attached hydrogens (tertiary/aromatic N) is 3. The molecule has 27 heavy (non-hydrogen) atoms. The Morgan fingerprint density at radius 3 is 3.04 bits per heavy atom. The summed E-state index contributed by atoms with van der Waals surface area (Å²) in [6.07, 6.45) is 5.94. The van der Waals surface area contributed by atoms with E-state index in [0.717, 1.165) is 47.4 Å². The lowest BCUT2D eigenvalue weighted by molar-refractivity contribution is -0.122. The van der Waals surface area contributed by atoms with E-state index >= 15 is 0 Å². The van der Waals surface area contributed by atoms with Crippen molar-refractivity contribution in [2.75, 3.05) is 19.7 Å². The minimum atomic E-state index is -0.0638. The van der Waals surface area contributed by atoms with Gasteiger partial charge in [0.15, 0.2) is 0 Å². The highest BCUT2D eigenvalue weighted by atomic mass is 79.9. The van der Waals surface area contributed by atoms with Gasteiger partial charge in [-0.1, -0.05) is 21.1 Å². The van der Waals surface area contributed by atoms with E-state index in [2.05, 4.69) is 36.9 Å². The highest BCUT2D eigenvalue weighted by Crippen LogP contribution is 2.34. The fourth-order valence-corrected chi connectivity index (χ4v) is 4.17. The minimum Gasteiger partial charge on any atom is -0.493 e. The summed E-state index contributed by atoms with van der Waals surface area (Å²) >= 11 is 3.49. The van der Waals surface area contributed by atoms with Crippen LogP contribution in [0.25, 0.3) is 0 Å².